The molecule has 5 aromatic rings. The number of hydrogen-bond acceptors (Lipinski definition) is 3. The van der Waals surface area contributed by atoms with Gasteiger partial charge in [0.15, 0.2) is 0 Å². The van der Waals surface area contributed by atoms with Crippen LogP contribution in [0.1, 0.15) is 52.0 Å². The summed E-state index contributed by atoms with van der Waals surface area (Å²) in [4.78, 5) is 18.7. The molecule has 0 aliphatic rings. The average Bonchev–Trinajstić information content (AvgIpc) is 2.89. The molecular weight excluding hydrogens is 490 g/mol. The minimum absolute atomic E-state index is 0.178. The second-order valence-electron chi connectivity index (χ2n) is 10.4. The molecule has 4 heteroatoms. The molecular formula is C34H30ClNO2. The number of esters is 1. The van der Waals surface area contributed by atoms with Gasteiger partial charge in [-0.2, -0.15) is 0 Å². The first-order valence-electron chi connectivity index (χ1n) is 12.7. The number of aromatic nitrogens is 1. The fraction of sp³-hybridized carbons (Fsp3) is 0.176. The van der Waals surface area contributed by atoms with Crippen LogP contribution in [0.15, 0.2) is 91.0 Å². The van der Waals surface area contributed by atoms with Crippen molar-refractivity contribution >= 4 is 28.5 Å². The van der Waals surface area contributed by atoms with E-state index in [0.717, 1.165) is 44.4 Å². The zero-order valence-electron chi connectivity index (χ0n) is 22.3. The maximum atomic E-state index is 13.7. The lowest BCUT2D eigenvalue weighted by molar-refractivity contribution is 0.0736. The van der Waals surface area contributed by atoms with E-state index in [1.54, 1.807) is 0 Å². The Kier molecular flexibility index (Phi) is 6.81. The van der Waals surface area contributed by atoms with E-state index in [1.165, 1.54) is 5.56 Å². The SMILES string of the molecule is Cc1cc(C)c2nc(-c3cccc(Cl)c3)c(C)c(C(=O)Oc3ccc(C(C)(C)c4ccccc4)cc3)c2c1. The minimum Gasteiger partial charge on any atom is -0.423 e. The van der Waals surface area contributed by atoms with Crippen LogP contribution in [-0.2, 0) is 5.41 Å². The molecule has 1 aromatic heterocycles. The van der Waals surface area contributed by atoms with Gasteiger partial charge in [0.25, 0.3) is 0 Å². The molecule has 0 aliphatic carbocycles. The Morgan fingerprint density at radius 1 is 0.816 bits per heavy atom. The van der Waals surface area contributed by atoms with Crippen LogP contribution < -0.4 is 4.74 Å². The maximum Gasteiger partial charge on any atom is 0.344 e. The first-order chi connectivity index (χ1) is 18.1. The van der Waals surface area contributed by atoms with Crippen LogP contribution in [0.3, 0.4) is 0 Å². The van der Waals surface area contributed by atoms with Gasteiger partial charge in [0.2, 0.25) is 0 Å². The fourth-order valence-electron chi connectivity index (χ4n) is 5.11. The van der Waals surface area contributed by atoms with Gasteiger partial charge in [-0.3, -0.25) is 0 Å². The van der Waals surface area contributed by atoms with Crippen molar-refractivity contribution in [3.8, 4) is 17.0 Å². The average molecular weight is 520 g/mol. The number of carbonyl (C=O) groups excluding carboxylic acids is 1. The molecule has 1 heterocycles. The van der Waals surface area contributed by atoms with E-state index in [9.17, 15) is 4.79 Å². The van der Waals surface area contributed by atoms with E-state index < -0.39 is 5.97 Å². The van der Waals surface area contributed by atoms with Gasteiger partial charge in [-0.25, -0.2) is 9.78 Å². The number of pyridine rings is 1. The van der Waals surface area contributed by atoms with Crippen molar-refractivity contribution in [2.75, 3.05) is 0 Å². The smallest absolute Gasteiger partial charge is 0.344 e. The summed E-state index contributed by atoms with van der Waals surface area (Å²) in [5.41, 5.74) is 7.90. The lowest BCUT2D eigenvalue weighted by atomic mass is 9.78. The van der Waals surface area contributed by atoms with E-state index in [-0.39, 0.29) is 5.41 Å². The number of ether oxygens (including phenoxy) is 1. The minimum atomic E-state index is -0.404. The predicted molar refractivity (Wildman–Crippen MR) is 156 cm³/mol. The van der Waals surface area contributed by atoms with Crippen LogP contribution in [0.25, 0.3) is 22.2 Å². The number of nitrogens with zero attached hydrogens (tertiary/aromatic N) is 1. The summed E-state index contributed by atoms with van der Waals surface area (Å²) in [7, 11) is 0. The Hall–Kier alpha value is -3.95. The van der Waals surface area contributed by atoms with E-state index in [4.69, 9.17) is 21.3 Å². The third-order valence-corrected chi connectivity index (χ3v) is 7.49. The number of hydrogen-bond donors (Lipinski definition) is 0. The van der Waals surface area contributed by atoms with Gasteiger partial charge in [0.1, 0.15) is 5.75 Å². The molecule has 0 unspecified atom stereocenters. The molecule has 0 N–H and O–H groups in total. The van der Waals surface area contributed by atoms with Crippen LogP contribution in [-0.4, -0.2) is 11.0 Å². The predicted octanol–water partition coefficient (Wildman–Crippen LogP) is 9.03. The molecule has 0 saturated heterocycles. The molecule has 0 aliphatic heterocycles. The Morgan fingerprint density at radius 3 is 2.18 bits per heavy atom. The maximum absolute atomic E-state index is 13.7. The molecule has 5 rings (SSSR count). The fourth-order valence-corrected chi connectivity index (χ4v) is 5.30. The van der Waals surface area contributed by atoms with Gasteiger partial charge >= 0.3 is 5.97 Å². The number of carbonyl (C=O) groups is 1. The molecule has 190 valence electrons. The molecule has 0 fully saturated rings. The quantitative estimate of drug-likeness (QED) is 0.172. The Morgan fingerprint density at radius 2 is 1.50 bits per heavy atom. The summed E-state index contributed by atoms with van der Waals surface area (Å²) in [6.45, 7) is 10.3. The highest BCUT2D eigenvalue weighted by molar-refractivity contribution is 6.30. The molecule has 4 aromatic carbocycles. The summed E-state index contributed by atoms with van der Waals surface area (Å²) >= 11 is 6.29. The third-order valence-electron chi connectivity index (χ3n) is 7.25. The van der Waals surface area contributed by atoms with Crippen molar-refractivity contribution in [1.82, 2.24) is 4.98 Å². The van der Waals surface area contributed by atoms with Gasteiger partial charge < -0.3 is 4.74 Å². The summed E-state index contributed by atoms with van der Waals surface area (Å²) in [5.74, 6) is 0.0962. The lowest BCUT2D eigenvalue weighted by Gasteiger charge is -2.26. The first kappa shape index (κ1) is 25.7. The highest BCUT2D eigenvalue weighted by Gasteiger charge is 2.24. The summed E-state index contributed by atoms with van der Waals surface area (Å²) in [6, 6.07) is 29.8. The molecule has 0 spiro atoms. The topological polar surface area (TPSA) is 39.2 Å². The molecule has 0 saturated carbocycles. The zero-order chi connectivity index (χ0) is 27.0. The standard InChI is InChI=1S/C34H30ClNO2/c1-21-18-22(2)31-29(19-21)30(23(3)32(36-31)24-10-9-13-27(35)20-24)33(37)38-28-16-14-26(15-17-28)34(4,5)25-11-7-6-8-12-25/h6-20H,1-5H3. The van der Waals surface area contributed by atoms with Crippen molar-refractivity contribution in [3.63, 3.8) is 0 Å². The molecule has 0 atom stereocenters. The van der Waals surface area contributed by atoms with E-state index in [1.807, 2.05) is 81.4 Å². The van der Waals surface area contributed by atoms with Crippen molar-refractivity contribution < 1.29 is 9.53 Å². The zero-order valence-corrected chi connectivity index (χ0v) is 23.1. The second-order valence-corrected chi connectivity index (χ2v) is 10.8. The Balaban J connectivity index is 1.55. The highest BCUT2D eigenvalue weighted by Crippen LogP contribution is 2.35. The van der Waals surface area contributed by atoms with Crippen LogP contribution >= 0.6 is 11.6 Å². The van der Waals surface area contributed by atoms with Crippen molar-refractivity contribution in [2.24, 2.45) is 0 Å². The Labute approximate surface area is 229 Å². The molecule has 0 bridgehead atoms. The van der Waals surface area contributed by atoms with E-state index in [2.05, 4.69) is 44.2 Å². The molecule has 0 radical (unpaired) electrons. The van der Waals surface area contributed by atoms with Crippen LogP contribution in [0.4, 0.5) is 0 Å². The first-order valence-corrected chi connectivity index (χ1v) is 13.1. The number of halogens is 1. The lowest BCUT2D eigenvalue weighted by Crippen LogP contribution is -2.18. The van der Waals surface area contributed by atoms with Crippen LogP contribution in [0.5, 0.6) is 5.75 Å². The largest absolute Gasteiger partial charge is 0.423 e. The van der Waals surface area contributed by atoms with Crippen LogP contribution in [0, 0.1) is 20.8 Å². The van der Waals surface area contributed by atoms with Gasteiger partial charge in [-0.15, -0.1) is 0 Å². The Bertz CT molecular complexity index is 1650. The number of benzene rings is 4. The van der Waals surface area contributed by atoms with Gasteiger partial charge in [-0.05, 0) is 73.4 Å². The molecule has 38 heavy (non-hydrogen) atoms. The van der Waals surface area contributed by atoms with Crippen molar-refractivity contribution in [2.45, 2.75) is 40.0 Å². The van der Waals surface area contributed by atoms with E-state index in [0.29, 0.717) is 16.3 Å². The molecule has 0 amide bonds. The summed E-state index contributed by atoms with van der Waals surface area (Å²) in [6.07, 6.45) is 0. The van der Waals surface area contributed by atoms with E-state index >= 15 is 0 Å². The number of rotatable bonds is 5. The van der Waals surface area contributed by atoms with Crippen molar-refractivity contribution in [3.05, 3.63) is 129 Å². The normalized spacial score (nSPS) is 11.5. The molecule has 3 nitrogen and oxygen atoms in total. The third kappa shape index (κ3) is 4.82. The highest BCUT2D eigenvalue weighted by atomic mass is 35.5. The van der Waals surface area contributed by atoms with Gasteiger partial charge in [0, 0.05) is 21.4 Å². The van der Waals surface area contributed by atoms with Gasteiger partial charge in [0.05, 0.1) is 16.8 Å². The van der Waals surface area contributed by atoms with Crippen LogP contribution in [0.2, 0.25) is 5.02 Å². The summed E-state index contributed by atoms with van der Waals surface area (Å²) < 4.78 is 5.96. The number of fused-ring (bicyclic) bond motifs is 1. The van der Waals surface area contributed by atoms with Crippen molar-refractivity contribution in [1.29, 1.82) is 0 Å². The number of aryl methyl sites for hydroxylation is 2. The summed E-state index contributed by atoms with van der Waals surface area (Å²) in [5, 5.41) is 1.41. The van der Waals surface area contributed by atoms with Gasteiger partial charge in [-0.1, -0.05) is 91.7 Å². The monoisotopic (exact) mass is 519 g/mol. The second kappa shape index (κ2) is 10.1.